The van der Waals surface area contributed by atoms with Crippen LogP contribution in [-0.4, -0.2) is 36.5 Å². The molecule has 1 aromatic carbocycles. The highest BCUT2D eigenvalue weighted by molar-refractivity contribution is 5.81. The first-order chi connectivity index (χ1) is 9.78. The number of aliphatic hydroxyl groups excluding tert-OH is 1. The number of rotatable bonds is 5. The Bertz CT molecular complexity index is 715. The molecule has 0 saturated heterocycles. The summed E-state index contributed by atoms with van der Waals surface area (Å²) in [5, 5.41) is 22.7. The van der Waals surface area contributed by atoms with Gasteiger partial charge in [0.2, 0.25) is 0 Å². The fourth-order valence-electron chi connectivity index (χ4n) is 2.35. The smallest absolute Gasteiger partial charge is 0.0918 e. The number of nitrogens with zero attached hydrogens (tertiary/aromatic N) is 5. The zero-order chi connectivity index (χ0) is 13.9. The van der Waals surface area contributed by atoms with E-state index >= 15 is 0 Å². The summed E-state index contributed by atoms with van der Waals surface area (Å²) in [6, 6.07) is 8.15. The number of para-hydroxylation sites is 1. The topological polar surface area (TPSA) is 68.8 Å². The van der Waals surface area contributed by atoms with Crippen LogP contribution in [0.4, 0.5) is 0 Å². The number of hydrogen-bond donors (Lipinski definition) is 1. The largest absolute Gasteiger partial charge is 0.396 e. The van der Waals surface area contributed by atoms with Gasteiger partial charge in [0.1, 0.15) is 0 Å². The van der Waals surface area contributed by atoms with Crippen molar-refractivity contribution < 1.29 is 5.11 Å². The Kier molecular flexibility index (Phi) is 3.47. The lowest BCUT2D eigenvalue weighted by Gasteiger charge is -1.97. The van der Waals surface area contributed by atoms with Crippen molar-refractivity contribution >= 4 is 10.9 Å². The highest BCUT2D eigenvalue weighted by Crippen LogP contribution is 2.18. The minimum Gasteiger partial charge on any atom is -0.396 e. The first-order valence-corrected chi connectivity index (χ1v) is 6.68. The molecular weight excluding hydrogens is 254 g/mol. The quantitative estimate of drug-likeness (QED) is 0.755. The Morgan fingerprint density at radius 3 is 2.95 bits per heavy atom. The van der Waals surface area contributed by atoms with Gasteiger partial charge in [-0.1, -0.05) is 23.4 Å². The van der Waals surface area contributed by atoms with Crippen LogP contribution >= 0.6 is 0 Å². The van der Waals surface area contributed by atoms with Crippen molar-refractivity contribution in [3.8, 4) is 0 Å². The second kappa shape index (κ2) is 5.42. The normalized spacial score (nSPS) is 11.3. The van der Waals surface area contributed by atoms with Crippen LogP contribution in [-0.2, 0) is 20.0 Å². The second-order valence-corrected chi connectivity index (χ2v) is 4.82. The molecule has 0 bridgehead atoms. The number of benzene rings is 1. The molecule has 20 heavy (non-hydrogen) atoms. The van der Waals surface area contributed by atoms with E-state index < -0.39 is 0 Å². The van der Waals surface area contributed by atoms with Gasteiger partial charge in [0.25, 0.3) is 0 Å². The van der Waals surface area contributed by atoms with Crippen molar-refractivity contribution in [1.29, 1.82) is 0 Å². The zero-order valence-electron chi connectivity index (χ0n) is 11.4. The van der Waals surface area contributed by atoms with Gasteiger partial charge in [0.15, 0.2) is 0 Å². The molecule has 0 spiro atoms. The third-order valence-electron chi connectivity index (χ3n) is 3.32. The van der Waals surface area contributed by atoms with Gasteiger partial charge in [-0.2, -0.15) is 5.10 Å². The number of aromatic nitrogens is 5. The monoisotopic (exact) mass is 271 g/mol. The molecule has 0 radical (unpaired) electrons. The van der Waals surface area contributed by atoms with Crippen LogP contribution in [0.2, 0.25) is 0 Å². The van der Waals surface area contributed by atoms with Crippen LogP contribution in [0.5, 0.6) is 0 Å². The van der Waals surface area contributed by atoms with Gasteiger partial charge < -0.3 is 5.11 Å². The average Bonchev–Trinajstić information content (AvgIpc) is 3.03. The molecule has 0 aliphatic heterocycles. The molecule has 0 saturated carbocycles. The van der Waals surface area contributed by atoms with E-state index in [2.05, 4.69) is 27.5 Å². The van der Waals surface area contributed by atoms with Crippen molar-refractivity contribution in [3.05, 3.63) is 41.9 Å². The Morgan fingerprint density at radius 1 is 1.25 bits per heavy atom. The fourth-order valence-corrected chi connectivity index (χ4v) is 2.35. The molecule has 0 unspecified atom stereocenters. The Hall–Kier alpha value is -2.21. The van der Waals surface area contributed by atoms with Gasteiger partial charge in [0, 0.05) is 25.2 Å². The maximum absolute atomic E-state index is 8.82. The predicted octanol–water partition coefficient (Wildman–Crippen LogP) is 1.14. The fraction of sp³-hybridized carbons (Fsp3) is 0.357. The SMILES string of the molecule is Cn1nc(Cn2cc(CCCO)nn2)c2ccccc21. The van der Waals surface area contributed by atoms with E-state index in [4.69, 9.17) is 5.11 Å². The van der Waals surface area contributed by atoms with Gasteiger partial charge in [-0.25, -0.2) is 4.68 Å². The highest BCUT2D eigenvalue weighted by Gasteiger charge is 2.09. The molecule has 6 nitrogen and oxygen atoms in total. The third kappa shape index (κ3) is 2.42. The number of fused-ring (bicyclic) bond motifs is 1. The molecule has 0 atom stereocenters. The summed E-state index contributed by atoms with van der Waals surface area (Å²) in [6.07, 6.45) is 3.38. The molecule has 3 rings (SSSR count). The minimum atomic E-state index is 0.178. The Morgan fingerprint density at radius 2 is 2.10 bits per heavy atom. The van der Waals surface area contributed by atoms with E-state index in [1.807, 2.05) is 30.1 Å². The Balaban J connectivity index is 1.84. The maximum Gasteiger partial charge on any atom is 0.0918 e. The standard InChI is InChI=1S/C14H17N5O/c1-18-14-7-3-2-6-12(14)13(16-18)10-19-9-11(15-17-19)5-4-8-20/h2-3,6-7,9,20H,4-5,8,10H2,1H3. The van der Waals surface area contributed by atoms with Crippen LogP contribution in [0, 0.1) is 0 Å². The minimum absolute atomic E-state index is 0.178. The molecule has 6 heteroatoms. The molecule has 2 heterocycles. The van der Waals surface area contributed by atoms with Crippen molar-refractivity contribution in [1.82, 2.24) is 24.8 Å². The summed E-state index contributed by atoms with van der Waals surface area (Å²) in [5.74, 6) is 0. The third-order valence-corrected chi connectivity index (χ3v) is 3.32. The van der Waals surface area contributed by atoms with Crippen molar-refractivity contribution in [2.45, 2.75) is 19.4 Å². The van der Waals surface area contributed by atoms with Crippen LogP contribution in [0.3, 0.4) is 0 Å². The molecular formula is C14H17N5O. The van der Waals surface area contributed by atoms with Gasteiger partial charge in [-0.05, 0) is 18.9 Å². The molecule has 3 aromatic rings. The predicted molar refractivity (Wildman–Crippen MR) is 75.2 cm³/mol. The highest BCUT2D eigenvalue weighted by atomic mass is 16.2. The van der Waals surface area contributed by atoms with Gasteiger partial charge in [-0.3, -0.25) is 4.68 Å². The van der Waals surface area contributed by atoms with Crippen molar-refractivity contribution in [2.24, 2.45) is 7.05 Å². The summed E-state index contributed by atoms with van der Waals surface area (Å²) in [4.78, 5) is 0. The van der Waals surface area contributed by atoms with E-state index in [1.165, 1.54) is 0 Å². The first kappa shape index (κ1) is 12.8. The van der Waals surface area contributed by atoms with E-state index in [0.717, 1.165) is 28.7 Å². The van der Waals surface area contributed by atoms with E-state index in [1.54, 1.807) is 4.68 Å². The van der Waals surface area contributed by atoms with Gasteiger partial charge in [-0.15, -0.1) is 5.10 Å². The summed E-state index contributed by atoms with van der Waals surface area (Å²) in [7, 11) is 1.94. The van der Waals surface area contributed by atoms with E-state index in [9.17, 15) is 0 Å². The maximum atomic E-state index is 8.82. The van der Waals surface area contributed by atoms with E-state index in [-0.39, 0.29) is 6.61 Å². The number of aliphatic hydroxyl groups is 1. The number of hydrogen-bond acceptors (Lipinski definition) is 4. The molecule has 104 valence electrons. The van der Waals surface area contributed by atoms with Crippen molar-refractivity contribution in [3.63, 3.8) is 0 Å². The summed E-state index contributed by atoms with van der Waals surface area (Å²) >= 11 is 0. The van der Waals surface area contributed by atoms with Gasteiger partial charge in [0.05, 0.1) is 23.4 Å². The molecule has 1 N–H and O–H groups in total. The molecule has 0 aliphatic carbocycles. The lowest BCUT2D eigenvalue weighted by atomic mass is 10.2. The first-order valence-electron chi connectivity index (χ1n) is 6.68. The molecule has 2 aromatic heterocycles. The summed E-state index contributed by atoms with van der Waals surface area (Å²) in [6.45, 7) is 0.783. The second-order valence-electron chi connectivity index (χ2n) is 4.82. The molecule has 0 amide bonds. The van der Waals surface area contributed by atoms with E-state index in [0.29, 0.717) is 13.0 Å². The van der Waals surface area contributed by atoms with Crippen LogP contribution in [0.25, 0.3) is 10.9 Å². The summed E-state index contributed by atoms with van der Waals surface area (Å²) in [5.41, 5.74) is 3.00. The van der Waals surface area contributed by atoms with Crippen LogP contribution in [0.15, 0.2) is 30.5 Å². The summed E-state index contributed by atoms with van der Waals surface area (Å²) < 4.78 is 3.68. The molecule has 0 aliphatic rings. The Labute approximate surface area is 116 Å². The zero-order valence-corrected chi connectivity index (χ0v) is 11.4. The van der Waals surface area contributed by atoms with Gasteiger partial charge >= 0.3 is 0 Å². The lowest BCUT2D eigenvalue weighted by molar-refractivity contribution is 0.288. The van der Waals surface area contributed by atoms with Crippen LogP contribution in [0.1, 0.15) is 17.8 Å². The molecule has 0 fully saturated rings. The van der Waals surface area contributed by atoms with Crippen molar-refractivity contribution in [2.75, 3.05) is 6.61 Å². The average molecular weight is 271 g/mol. The number of aryl methyl sites for hydroxylation is 2. The lowest BCUT2D eigenvalue weighted by Crippen LogP contribution is -2.02. The van der Waals surface area contributed by atoms with Crippen LogP contribution < -0.4 is 0 Å².